The van der Waals surface area contributed by atoms with Gasteiger partial charge in [0.25, 0.3) is 0 Å². The molecule has 0 saturated carbocycles. The highest BCUT2D eigenvalue weighted by Crippen LogP contribution is 2.20. The molecule has 3 rings (SSSR count). The second-order valence-electron chi connectivity index (χ2n) is 5.97. The van der Waals surface area contributed by atoms with E-state index in [0.29, 0.717) is 12.4 Å². The average molecular weight is 350 g/mol. The molecule has 0 saturated heterocycles. The van der Waals surface area contributed by atoms with Crippen LogP contribution in [0.4, 0.5) is 11.5 Å². The van der Waals surface area contributed by atoms with Gasteiger partial charge in [-0.15, -0.1) is 0 Å². The Morgan fingerprint density at radius 1 is 1.12 bits per heavy atom. The highest BCUT2D eigenvalue weighted by molar-refractivity contribution is 5.98. The van der Waals surface area contributed by atoms with Crippen LogP contribution in [-0.4, -0.2) is 28.5 Å². The van der Waals surface area contributed by atoms with E-state index >= 15 is 0 Å². The summed E-state index contributed by atoms with van der Waals surface area (Å²) in [5.41, 5.74) is 1.56. The molecular weight excluding hydrogens is 328 g/mol. The van der Waals surface area contributed by atoms with E-state index in [1.54, 1.807) is 6.92 Å². The van der Waals surface area contributed by atoms with Crippen molar-refractivity contribution in [2.24, 2.45) is 0 Å². The molecule has 2 N–H and O–H groups in total. The Morgan fingerprint density at radius 3 is 2.65 bits per heavy atom. The van der Waals surface area contributed by atoms with Crippen LogP contribution in [0, 0.1) is 0 Å². The van der Waals surface area contributed by atoms with Crippen molar-refractivity contribution in [1.82, 2.24) is 9.97 Å². The molecule has 6 nitrogen and oxygen atoms in total. The minimum atomic E-state index is -0.454. The van der Waals surface area contributed by atoms with Gasteiger partial charge in [0.1, 0.15) is 23.9 Å². The van der Waals surface area contributed by atoms with Crippen molar-refractivity contribution in [2.45, 2.75) is 26.3 Å². The van der Waals surface area contributed by atoms with Crippen LogP contribution in [0.3, 0.4) is 0 Å². The van der Waals surface area contributed by atoms with Gasteiger partial charge in [0, 0.05) is 11.1 Å². The second kappa shape index (κ2) is 8.29. The number of nitrogens with one attached hydrogen (secondary N) is 2. The summed E-state index contributed by atoms with van der Waals surface area (Å²) in [5.74, 6) is 1.29. The highest BCUT2D eigenvalue weighted by atomic mass is 16.5. The fraction of sp³-hybridized carbons (Fsp3) is 0.250. The molecule has 6 heteroatoms. The molecule has 0 radical (unpaired) electrons. The summed E-state index contributed by atoms with van der Waals surface area (Å²) in [6.07, 6.45) is 2.45. The highest BCUT2D eigenvalue weighted by Gasteiger charge is 2.15. The topological polar surface area (TPSA) is 76.1 Å². The van der Waals surface area contributed by atoms with Crippen LogP contribution in [0.5, 0.6) is 5.75 Å². The number of anilines is 2. The van der Waals surface area contributed by atoms with Gasteiger partial charge in [0.05, 0.1) is 12.1 Å². The Labute approximate surface area is 152 Å². The normalized spacial score (nSPS) is 11.8. The van der Waals surface area contributed by atoms with Crippen LogP contribution in [0.1, 0.15) is 20.3 Å². The molecule has 0 fully saturated rings. The third-order valence-corrected chi connectivity index (χ3v) is 3.88. The Morgan fingerprint density at radius 2 is 1.88 bits per heavy atom. The number of aromatic nitrogens is 2. The molecule has 1 unspecified atom stereocenters. The van der Waals surface area contributed by atoms with Crippen molar-refractivity contribution in [1.29, 1.82) is 0 Å². The van der Waals surface area contributed by atoms with Crippen molar-refractivity contribution in [3.63, 3.8) is 0 Å². The van der Waals surface area contributed by atoms with Crippen molar-refractivity contribution >= 4 is 28.3 Å². The fourth-order valence-corrected chi connectivity index (χ4v) is 2.50. The molecule has 1 amide bonds. The zero-order valence-electron chi connectivity index (χ0n) is 14.9. The maximum absolute atomic E-state index is 12.5. The van der Waals surface area contributed by atoms with E-state index < -0.39 is 6.04 Å². The summed E-state index contributed by atoms with van der Waals surface area (Å²) in [6, 6.07) is 14.6. The van der Waals surface area contributed by atoms with E-state index in [9.17, 15) is 4.79 Å². The summed E-state index contributed by atoms with van der Waals surface area (Å²) in [5, 5.41) is 6.93. The van der Waals surface area contributed by atoms with E-state index in [1.165, 1.54) is 6.33 Å². The third-order valence-electron chi connectivity index (χ3n) is 3.88. The zero-order valence-corrected chi connectivity index (χ0v) is 14.9. The van der Waals surface area contributed by atoms with Crippen molar-refractivity contribution in [3.05, 3.63) is 54.9 Å². The summed E-state index contributed by atoms with van der Waals surface area (Å²) in [7, 11) is 0. The SMILES string of the molecule is CCCOc1ccc(NC(=O)C(C)Nc2ncnc3ccccc23)cc1. The van der Waals surface area contributed by atoms with Crippen molar-refractivity contribution in [3.8, 4) is 5.75 Å². The second-order valence-corrected chi connectivity index (χ2v) is 5.97. The Hall–Kier alpha value is -3.15. The van der Waals surface area contributed by atoms with Gasteiger partial charge in [-0.3, -0.25) is 4.79 Å². The first-order valence-corrected chi connectivity index (χ1v) is 8.67. The van der Waals surface area contributed by atoms with Gasteiger partial charge in [-0.05, 0) is 49.7 Å². The number of benzene rings is 2. The number of nitrogens with zero attached hydrogens (tertiary/aromatic N) is 2. The predicted octanol–water partition coefficient (Wildman–Crippen LogP) is 3.86. The first-order chi connectivity index (χ1) is 12.7. The number of rotatable bonds is 7. The first-order valence-electron chi connectivity index (χ1n) is 8.67. The van der Waals surface area contributed by atoms with E-state index in [1.807, 2.05) is 48.5 Å². The Kier molecular flexibility index (Phi) is 5.63. The number of carbonyl (C=O) groups excluding carboxylic acids is 1. The molecule has 26 heavy (non-hydrogen) atoms. The molecular formula is C20H22N4O2. The molecule has 134 valence electrons. The monoisotopic (exact) mass is 350 g/mol. The number of para-hydroxylation sites is 1. The molecule has 1 atom stereocenters. The molecule has 3 aromatic rings. The van der Waals surface area contributed by atoms with Gasteiger partial charge in [-0.2, -0.15) is 0 Å². The molecule has 0 bridgehead atoms. The van der Waals surface area contributed by atoms with Gasteiger partial charge in [-0.25, -0.2) is 9.97 Å². The quantitative estimate of drug-likeness (QED) is 0.677. The minimum absolute atomic E-state index is 0.144. The van der Waals surface area contributed by atoms with Gasteiger partial charge in [0.2, 0.25) is 5.91 Å². The standard InChI is InChI=1S/C20H22N4O2/c1-3-12-26-16-10-8-15(9-11-16)24-20(25)14(2)23-19-17-6-4-5-7-18(17)21-13-22-19/h4-11,13-14H,3,12H2,1-2H3,(H,24,25)(H,21,22,23). The van der Waals surface area contributed by atoms with Gasteiger partial charge in [0.15, 0.2) is 0 Å². The van der Waals surface area contributed by atoms with Crippen LogP contribution in [0.15, 0.2) is 54.9 Å². The fourth-order valence-electron chi connectivity index (χ4n) is 2.50. The molecule has 2 aromatic carbocycles. The lowest BCUT2D eigenvalue weighted by Gasteiger charge is -2.16. The Balaban J connectivity index is 1.64. The van der Waals surface area contributed by atoms with E-state index in [-0.39, 0.29) is 5.91 Å². The number of ether oxygens (including phenoxy) is 1. The zero-order chi connectivity index (χ0) is 18.4. The van der Waals surface area contributed by atoms with Crippen LogP contribution in [-0.2, 0) is 4.79 Å². The first kappa shape index (κ1) is 17.7. The summed E-state index contributed by atoms with van der Waals surface area (Å²) in [6.45, 7) is 4.54. The third kappa shape index (κ3) is 4.27. The van der Waals surface area contributed by atoms with Crippen LogP contribution in [0.25, 0.3) is 10.9 Å². The number of hydrogen-bond acceptors (Lipinski definition) is 5. The summed E-state index contributed by atoms with van der Waals surface area (Å²) < 4.78 is 5.54. The Bertz CT molecular complexity index is 875. The van der Waals surface area contributed by atoms with Crippen LogP contribution >= 0.6 is 0 Å². The van der Waals surface area contributed by atoms with Gasteiger partial charge in [-0.1, -0.05) is 19.1 Å². The molecule has 0 aliphatic heterocycles. The molecule has 0 aliphatic carbocycles. The molecule has 0 aliphatic rings. The van der Waals surface area contributed by atoms with Crippen molar-refractivity contribution < 1.29 is 9.53 Å². The largest absolute Gasteiger partial charge is 0.494 e. The number of fused-ring (bicyclic) bond motifs is 1. The molecule has 0 spiro atoms. The average Bonchev–Trinajstić information content (AvgIpc) is 2.67. The number of hydrogen-bond donors (Lipinski definition) is 2. The summed E-state index contributed by atoms with van der Waals surface area (Å²) >= 11 is 0. The van der Waals surface area contributed by atoms with Crippen LogP contribution in [0.2, 0.25) is 0 Å². The van der Waals surface area contributed by atoms with Gasteiger partial charge >= 0.3 is 0 Å². The summed E-state index contributed by atoms with van der Waals surface area (Å²) in [4.78, 5) is 20.9. The lowest BCUT2D eigenvalue weighted by molar-refractivity contribution is -0.116. The van der Waals surface area contributed by atoms with E-state index in [0.717, 1.165) is 28.8 Å². The van der Waals surface area contributed by atoms with E-state index in [2.05, 4.69) is 27.5 Å². The number of amides is 1. The smallest absolute Gasteiger partial charge is 0.246 e. The minimum Gasteiger partial charge on any atom is -0.494 e. The van der Waals surface area contributed by atoms with Crippen molar-refractivity contribution in [2.75, 3.05) is 17.2 Å². The molecule has 1 aromatic heterocycles. The number of carbonyl (C=O) groups is 1. The van der Waals surface area contributed by atoms with E-state index in [4.69, 9.17) is 4.74 Å². The maximum Gasteiger partial charge on any atom is 0.246 e. The maximum atomic E-state index is 12.5. The lowest BCUT2D eigenvalue weighted by atomic mass is 10.2. The van der Waals surface area contributed by atoms with Crippen LogP contribution < -0.4 is 15.4 Å². The van der Waals surface area contributed by atoms with Gasteiger partial charge < -0.3 is 15.4 Å². The lowest BCUT2D eigenvalue weighted by Crippen LogP contribution is -2.32. The molecule has 1 heterocycles. The predicted molar refractivity (Wildman–Crippen MR) is 103 cm³/mol.